The number of nitrogens with one attached hydrogen (secondary N) is 4. The molecular formula is C53H68N6O10. The number of benzene rings is 4. The van der Waals surface area contributed by atoms with Crippen LogP contribution in [0.3, 0.4) is 0 Å². The van der Waals surface area contributed by atoms with E-state index in [1.54, 1.807) is 0 Å². The molecule has 0 atom stereocenters. The summed E-state index contributed by atoms with van der Waals surface area (Å²) >= 11 is 0. The Morgan fingerprint density at radius 3 is 1.33 bits per heavy atom. The maximum absolute atomic E-state index is 12.5. The van der Waals surface area contributed by atoms with Crippen LogP contribution in [0.2, 0.25) is 0 Å². The van der Waals surface area contributed by atoms with Crippen molar-refractivity contribution in [3.8, 4) is 22.3 Å². The van der Waals surface area contributed by atoms with E-state index in [0.29, 0.717) is 70.5 Å². The van der Waals surface area contributed by atoms with E-state index in [-0.39, 0.29) is 42.7 Å². The first-order valence-corrected chi connectivity index (χ1v) is 24.0. The number of para-hydroxylation sites is 2. The fraction of sp³-hybridized carbons (Fsp3) is 0.434. The SMILES string of the molecule is COC(=O)CCCNCC(=O)CCN1CCC(OC(=O)Nc2ccccc2-c2ccccc2)CC1.O=C(O)CCCNCC(=O)CCN1CCC(OC(=O)Nc2ccccc2-c2ccccc2)CC1. The van der Waals surface area contributed by atoms with Crippen molar-refractivity contribution in [1.82, 2.24) is 20.4 Å². The summed E-state index contributed by atoms with van der Waals surface area (Å²) in [6.07, 6.45) is 4.33. The third-order valence-electron chi connectivity index (χ3n) is 11.9. The predicted octanol–water partition coefficient (Wildman–Crippen LogP) is 7.65. The number of ether oxygens (including phenoxy) is 3. The Morgan fingerprint density at radius 2 is 0.928 bits per heavy atom. The number of nitrogens with zero attached hydrogens (tertiary/aromatic N) is 2. The lowest BCUT2D eigenvalue weighted by molar-refractivity contribution is -0.140. The van der Waals surface area contributed by atoms with Gasteiger partial charge in [-0.1, -0.05) is 97.1 Å². The molecule has 2 fully saturated rings. The molecule has 2 heterocycles. The van der Waals surface area contributed by atoms with Gasteiger partial charge in [0.1, 0.15) is 23.8 Å². The minimum atomic E-state index is -0.824. The van der Waals surface area contributed by atoms with Gasteiger partial charge in [0, 0.05) is 76.1 Å². The number of methoxy groups -OCH3 is 1. The molecule has 0 bridgehead atoms. The van der Waals surface area contributed by atoms with Crippen LogP contribution in [0, 0.1) is 0 Å². The van der Waals surface area contributed by atoms with Gasteiger partial charge in [-0.3, -0.25) is 29.8 Å². The summed E-state index contributed by atoms with van der Waals surface area (Å²) in [7, 11) is 1.37. The topological polar surface area (TPSA) is 205 Å². The van der Waals surface area contributed by atoms with E-state index in [2.05, 4.69) is 35.8 Å². The molecule has 370 valence electrons. The van der Waals surface area contributed by atoms with Crippen LogP contribution in [-0.2, 0) is 33.4 Å². The average Bonchev–Trinajstić information content (AvgIpc) is 3.36. The van der Waals surface area contributed by atoms with E-state index in [1.807, 2.05) is 109 Å². The highest BCUT2D eigenvalue weighted by Gasteiger charge is 2.25. The van der Waals surface area contributed by atoms with Crippen LogP contribution in [0.5, 0.6) is 0 Å². The molecule has 2 aliphatic rings. The van der Waals surface area contributed by atoms with Crippen molar-refractivity contribution in [2.45, 2.75) is 76.4 Å². The molecule has 4 aromatic carbocycles. The lowest BCUT2D eigenvalue weighted by Gasteiger charge is -2.31. The van der Waals surface area contributed by atoms with Gasteiger partial charge in [0.25, 0.3) is 0 Å². The number of anilines is 2. The van der Waals surface area contributed by atoms with Gasteiger partial charge >= 0.3 is 24.1 Å². The number of carboxylic acid groups (broad SMARTS) is 1. The summed E-state index contributed by atoms with van der Waals surface area (Å²) < 4.78 is 15.9. The normalized spacial score (nSPS) is 14.4. The van der Waals surface area contributed by atoms with E-state index >= 15 is 0 Å². The van der Waals surface area contributed by atoms with Crippen molar-refractivity contribution in [2.24, 2.45) is 0 Å². The molecule has 4 aromatic rings. The van der Waals surface area contributed by atoms with E-state index in [0.717, 1.165) is 79.8 Å². The van der Waals surface area contributed by atoms with Crippen LogP contribution in [0.15, 0.2) is 109 Å². The third kappa shape index (κ3) is 20.3. The first-order valence-electron chi connectivity index (χ1n) is 24.0. The average molecular weight is 949 g/mol. The number of carbonyl (C=O) groups is 6. The number of rotatable bonds is 24. The van der Waals surface area contributed by atoms with Crippen LogP contribution in [0.25, 0.3) is 22.3 Å². The predicted molar refractivity (Wildman–Crippen MR) is 266 cm³/mol. The second-order valence-electron chi connectivity index (χ2n) is 17.1. The van der Waals surface area contributed by atoms with Crippen molar-refractivity contribution in [1.29, 1.82) is 0 Å². The van der Waals surface area contributed by atoms with E-state index < -0.39 is 18.2 Å². The van der Waals surface area contributed by atoms with Crippen LogP contribution in [0.1, 0.15) is 64.2 Å². The van der Waals surface area contributed by atoms with Gasteiger partial charge in [0.05, 0.1) is 31.6 Å². The number of ketones is 2. The van der Waals surface area contributed by atoms with Gasteiger partial charge in [-0.2, -0.15) is 0 Å². The summed E-state index contributed by atoms with van der Waals surface area (Å²) in [4.78, 5) is 75.1. The maximum Gasteiger partial charge on any atom is 0.411 e. The molecular weight excluding hydrogens is 881 g/mol. The quantitative estimate of drug-likeness (QED) is 0.0260. The van der Waals surface area contributed by atoms with Crippen molar-refractivity contribution in [3.05, 3.63) is 109 Å². The molecule has 16 nitrogen and oxygen atoms in total. The number of aliphatic carboxylic acids is 1. The van der Waals surface area contributed by atoms with E-state index in [1.165, 1.54) is 7.11 Å². The smallest absolute Gasteiger partial charge is 0.411 e. The van der Waals surface area contributed by atoms with Crippen LogP contribution in [0.4, 0.5) is 21.0 Å². The highest BCUT2D eigenvalue weighted by atomic mass is 16.6. The molecule has 2 aliphatic heterocycles. The molecule has 5 N–H and O–H groups in total. The fourth-order valence-corrected chi connectivity index (χ4v) is 8.03. The lowest BCUT2D eigenvalue weighted by Crippen LogP contribution is -2.39. The zero-order valence-electron chi connectivity index (χ0n) is 39.7. The number of esters is 1. The third-order valence-corrected chi connectivity index (χ3v) is 11.9. The standard InChI is InChI=1S/C27H35N3O5.C26H33N3O5/c1-34-26(32)12-7-16-28-20-22(31)13-17-30-18-14-23(15-19-30)35-27(33)29-25-11-6-5-10-24(25)21-8-3-2-4-9-21;30-21(19-27-15-6-11-25(31)32)12-16-29-17-13-22(14-18-29)34-26(33)28-24-10-5-4-9-23(24)20-7-2-1-3-8-20/h2-6,8-11,23,28H,7,12-20H2,1H3,(H,29,33);1-5,7-10,22,27H,6,11-19H2,(H,28,33)(H,31,32). The molecule has 0 radical (unpaired) electrons. The number of piperidine rings is 2. The number of carbonyl (C=O) groups excluding carboxylic acids is 5. The van der Waals surface area contributed by atoms with Crippen molar-refractivity contribution < 1.29 is 48.1 Å². The second kappa shape index (κ2) is 30.1. The van der Waals surface area contributed by atoms with Crippen molar-refractivity contribution in [2.75, 3.05) is 83.2 Å². The van der Waals surface area contributed by atoms with Gasteiger partial charge in [0.2, 0.25) is 0 Å². The molecule has 69 heavy (non-hydrogen) atoms. The number of carboxylic acids is 1. The molecule has 0 aliphatic carbocycles. The van der Waals surface area contributed by atoms with Crippen LogP contribution >= 0.6 is 0 Å². The molecule has 0 spiro atoms. The number of amides is 2. The summed E-state index contributed by atoms with van der Waals surface area (Å²) in [5.41, 5.74) is 5.38. The molecule has 0 saturated carbocycles. The summed E-state index contributed by atoms with van der Waals surface area (Å²) in [5, 5.41) is 20.5. The summed E-state index contributed by atoms with van der Waals surface area (Å²) in [6.45, 7) is 6.23. The zero-order chi connectivity index (χ0) is 49.1. The van der Waals surface area contributed by atoms with Crippen LogP contribution in [-0.4, -0.2) is 135 Å². The second-order valence-corrected chi connectivity index (χ2v) is 17.1. The molecule has 16 heteroatoms. The van der Waals surface area contributed by atoms with Crippen molar-refractivity contribution >= 4 is 47.1 Å². The Labute approximate surface area is 405 Å². The van der Waals surface area contributed by atoms with Gasteiger partial charge in [0.15, 0.2) is 0 Å². The molecule has 0 unspecified atom stereocenters. The van der Waals surface area contributed by atoms with E-state index in [4.69, 9.17) is 14.6 Å². The van der Waals surface area contributed by atoms with E-state index in [9.17, 15) is 28.8 Å². The first-order chi connectivity index (χ1) is 33.6. The highest BCUT2D eigenvalue weighted by Crippen LogP contribution is 2.29. The largest absolute Gasteiger partial charge is 0.481 e. The van der Waals surface area contributed by atoms with Gasteiger partial charge < -0.3 is 39.8 Å². The maximum atomic E-state index is 12.5. The van der Waals surface area contributed by atoms with Crippen LogP contribution < -0.4 is 21.3 Å². The zero-order valence-corrected chi connectivity index (χ0v) is 39.7. The molecule has 2 saturated heterocycles. The first kappa shape index (κ1) is 53.5. The summed E-state index contributed by atoms with van der Waals surface area (Å²) in [5.74, 6) is -0.793. The number of likely N-dealkylation sites (tertiary alicyclic amines) is 2. The fourth-order valence-electron chi connectivity index (χ4n) is 8.03. The molecule has 2 amide bonds. The molecule has 0 aromatic heterocycles. The Bertz CT molecular complexity index is 2210. The van der Waals surface area contributed by atoms with Gasteiger partial charge in [-0.25, -0.2) is 9.59 Å². The minimum Gasteiger partial charge on any atom is -0.481 e. The minimum absolute atomic E-state index is 0.107. The number of hydrogen-bond donors (Lipinski definition) is 5. The Kier molecular flexibility index (Phi) is 23.3. The number of Topliss-reactive ketones (excluding diaryl/α,β-unsaturated/α-hetero) is 2. The Hall–Kier alpha value is -6.46. The molecule has 6 rings (SSSR count). The van der Waals surface area contributed by atoms with Gasteiger partial charge in [-0.15, -0.1) is 0 Å². The Morgan fingerprint density at radius 1 is 0.536 bits per heavy atom. The Balaban J connectivity index is 0.000000258. The van der Waals surface area contributed by atoms with Crippen molar-refractivity contribution in [3.63, 3.8) is 0 Å². The lowest BCUT2D eigenvalue weighted by atomic mass is 10.0. The number of hydrogen-bond acceptors (Lipinski definition) is 13. The monoisotopic (exact) mass is 948 g/mol. The summed E-state index contributed by atoms with van der Waals surface area (Å²) in [6, 6.07) is 35.1. The van der Waals surface area contributed by atoms with Gasteiger partial charge in [-0.05, 0) is 74.9 Å². The highest BCUT2D eigenvalue weighted by molar-refractivity contribution is 5.92.